The van der Waals surface area contributed by atoms with Crippen LogP contribution in [0.4, 0.5) is 0 Å². The monoisotopic (exact) mass is 260 g/mol. The number of aryl methyl sites for hydroxylation is 2. The van der Waals surface area contributed by atoms with E-state index in [0.717, 1.165) is 19.6 Å². The van der Waals surface area contributed by atoms with Crippen LogP contribution in [0.15, 0.2) is 18.2 Å². The second-order valence-electron chi connectivity index (χ2n) is 5.85. The molecule has 0 amide bonds. The number of nitrogens with zero attached hydrogens (tertiary/aromatic N) is 1. The Hall–Kier alpha value is -0.860. The molecular weight excluding hydrogens is 232 g/mol. The van der Waals surface area contributed by atoms with Crippen molar-refractivity contribution in [1.82, 2.24) is 10.2 Å². The lowest BCUT2D eigenvalue weighted by Gasteiger charge is -2.26. The molecule has 0 radical (unpaired) electrons. The Labute approximate surface area is 118 Å². The highest BCUT2D eigenvalue weighted by Crippen LogP contribution is 2.32. The second kappa shape index (κ2) is 6.53. The number of nitrogens with one attached hydrogen (secondary N) is 1. The van der Waals surface area contributed by atoms with E-state index in [2.05, 4.69) is 56.1 Å². The van der Waals surface area contributed by atoms with Crippen LogP contribution in [0.1, 0.15) is 49.9 Å². The first-order valence-corrected chi connectivity index (χ1v) is 7.71. The summed E-state index contributed by atoms with van der Waals surface area (Å²) < 4.78 is 0. The molecule has 19 heavy (non-hydrogen) atoms. The summed E-state index contributed by atoms with van der Waals surface area (Å²) in [6.45, 7) is 12.4. The SMILES string of the molecule is CCN(CC)CC(C)NC1CCc2ccc(C)cc21. The topological polar surface area (TPSA) is 15.3 Å². The van der Waals surface area contributed by atoms with Crippen molar-refractivity contribution in [3.8, 4) is 0 Å². The third-order valence-electron chi connectivity index (χ3n) is 4.29. The van der Waals surface area contributed by atoms with Crippen LogP contribution < -0.4 is 5.32 Å². The maximum Gasteiger partial charge on any atom is 0.0329 e. The van der Waals surface area contributed by atoms with Crippen molar-refractivity contribution in [1.29, 1.82) is 0 Å². The minimum atomic E-state index is 0.552. The van der Waals surface area contributed by atoms with Gasteiger partial charge in [-0.25, -0.2) is 0 Å². The maximum absolute atomic E-state index is 3.82. The summed E-state index contributed by atoms with van der Waals surface area (Å²) in [7, 11) is 0. The van der Waals surface area contributed by atoms with E-state index in [4.69, 9.17) is 0 Å². The van der Waals surface area contributed by atoms with Crippen LogP contribution >= 0.6 is 0 Å². The van der Waals surface area contributed by atoms with E-state index in [1.165, 1.54) is 29.5 Å². The minimum absolute atomic E-state index is 0.552. The van der Waals surface area contributed by atoms with Gasteiger partial charge in [0.1, 0.15) is 0 Å². The summed E-state index contributed by atoms with van der Waals surface area (Å²) in [6.07, 6.45) is 2.48. The largest absolute Gasteiger partial charge is 0.306 e. The predicted octanol–water partition coefficient (Wildman–Crippen LogP) is 3.30. The second-order valence-corrected chi connectivity index (χ2v) is 5.85. The Morgan fingerprint density at radius 1 is 1.32 bits per heavy atom. The summed E-state index contributed by atoms with van der Waals surface area (Å²) in [5, 5.41) is 3.82. The third-order valence-corrected chi connectivity index (χ3v) is 4.29. The molecule has 0 aromatic heterocycles. The van der Waals surface area contributed by atoms with Crippen molar-refractivity contribution in [2.24, 2.45) is 0 Å². The van der Waals surface area contributed by atoms with Gasteiger partial charge < -0.3 is 10.2 Å². The molecule has 1 N–H and O–H groups in total. The Balaban J connectivity index is 1.96. The Bertz CT molecular complexity index is 410. The number of fused-ring (bicyclic) bond motifs is 1. The molecule has 1 aliphatic carbocycles. The quantitative estimate of drug-likeness (QED) is 0.844. The molecule has 0 aliphatic heterocycles. The van der Waals surface area contributed by atoms with Crippen LogP contribution in [0, 0.1) is 6.92 Å². The summed E-state index contributed by atoms with van der Waals surface area (Å²) in [4.78, 5) is 2.49. The maximum atomic E-state index is 3.82. The first-order valence-electron chi connectivity index (χ1n) is 7.71. The zero-order valence-electron chi connectivity index (χ0n) is 12.9. The van der Waals surface area contributed by atoms with Crippen molar-refractivity contribution in [2.75, 3.05) is 19.6 Å². The molecule has 2 rings (SSSR count). The minimum Gasteiger partial charge on any atom is -0.306 e. The summed E-state index contributed by atoms with van der Waals surface area (Å²) >= 11 is 0. The zero-order chi connectivity index (χ0) is 13.8. The number of likely N-dealkylation sites (N-methyl/N-ethyl adjacent to an activating group) is 1. The average Bonchev–Trinajstić information content (AvgIpc) is 2.78. The Morgan fingerprint density at radius 2 is 2.05 bits per heavy atom. The molecule has 106 valence electrons. The molecule has 1 aromatic carbocycles. The van der Waals surface area contributed by atoms with Gasteiger partial charge in [-0.2, -0.15) is 0 Å². The molecule has 0 saturated carbocycles. The van der Waals surface area contributed by atoms with Gasteiger partial charge in [0.2, 0.25) is 0 Å². The number of rotatable bonds is 6. The lowest BCUT2D eigenvalue weighted by atomic mass is 10.0. The van der Waals surface area contributed by atoms with Gasteiger partial charge in [-0.15, -0.1) is 0 Å². The van der Waals surface area contributed by atoms with Gasteiger partial charge in [0.15, 0.2) is 0 Å². The van der Waals surface area contributed by atoms with Crippen molar-refractivity contribution < 1.29 is 0 Å². The highest BCUT2D eigenvalue weighted by Gasteiger charge is 2.23. The van der Waals surface area contributed by atoms with Gasteiger partial charge in [0.25, 0.3) is 0 Å². The fraction of sp³-hybridized carbons (Fsp3) is 0.647. The van der Waals surface area contributed by atoms with Crippen LogP contribution in [0.2, 0.25) is 0 Å². The van der Waals surface area contributed by atoms with Crippen molar-refractivity contribution in [3.05, 3.63) is 34.9 Å². The molecule has 1 aromatic rings. The molecule has 0 bridgehead atoms. The van der Waals surface area contributed by atoms with E-state index in [0.29, 0.717) is 12.1 Å². The fourth-order valence-corrected chi connectivity index (χ4v) is 3.16. The third kappa shape index (κ3) is 3.58. The van der Waals surface area contributed by atoms with Crippen LogP contribution in [0.5, 0.6) is 0 Å². The molecule has 0 fully saturated rings. The molecule has 2 nitrogen and oxygen atoms in total. The van der Waals surface area contributed by atoms with Gasteiger partial charge in [-0.1, -0.05) is 37.6 Å². The van der Waals surface area contributed by atoms with Gasteiger partial charge in [-0.05, 0) is 50.9 Å². The Kier molecular flexibility index (Phi) is 5.00. The van der Waals surface area contributed by atoms with Crippen molar-refractivity contribution >= 4 is 0 Å². The molecule has 2 heteroatoms. The van der Waals surface area contributed by atoms with E-state index in [9.17, 15) is 0 Å². The molecule has 2 atom stereocenters. The molecular formula is C17H28N2. The van der Waals surface area contributed by atoms with Crippen LogP contribution in [0.25, 0.3) is 0 Å². The van der Waals surface area contributed by atoms with Crippen LogP contribution in [0.3, 0.4) is 0 Å². The van der Waals surface area contributed by atoms with Gasteiger partial charge in [0.05, 0.1) is 0 Å². The first kappa shape index (κ1) is 14.5. The summed E-state index contributed by atoms with van der Waals surface area (Å²) in [5.74, 6) is 0. The van der Waals surface area contributed by atoms with Crippen molar-refractivity contribution in [2.45, 2.75) is 52.6 Å². The highest BCUT2D eigenvalue weighted by atomic mass is 15.1. The van der Waals surface area contributed by atoms with Gasteiger partial charge in [-0.3, -0.25) is 0 Å². The number of hydrogen-bond donors (Lipinski definition) is 1. The van der Waals surface area contributed by atoms with Crippen LogP contribution in [-0.2, 0) is 6.42 Å². The average molecular weight is 260 g/mol. The number of hydrogen-bond acceptors (Lipinski definition) is 2. The standard InChI is InChI=1S/C17H28N2/c1-5-19(6-2)12-14(4)18-17-10-9-15-8-7-13(3)11-16(15)17/h7-8,11,14,17-18H,5-6,9-10,12H2,1-4H3. The summed E-state index contributed by atoms with van der Waals surface area (Å²) in [5.41, 5.74) is 4.45. The van der Waals surface area contributed by atoms with Crippen LogP contribution in [-0.4, -0.2) is 30.6 Å². The normalized spacial score (nSPS) is 19.7. The van der Waals surface area contributed by atoms with E-state index in [1.54, 1.807) is 0 Å². The predicted molar refractivity (Wildman–Crippen MR) is 82.6 cm³/mol. The molecule has 2 unspecified atom stereocenters. The lowest BCUT2D eigenvalue weighted by molar-refractivity contribution is 0.261. The fourth-order valence-electron chi connectivity index (χ4n) is 3.16. The highest BCUT2D eigenvalue weighted by molar-refractivity contribution is 5.37. The van der Waals surface area contributed by atoms with Gasteiger partial charge in [0, 0.05) is 18.6 Å². The molecule has 1 aliphatic rings. The Morgan fingerprint density at radius 3 is 2.74 bits per heavy atom. The molecule has 0 spiro atoms. The van der Waals surface area contributed by atoms with Crippen molar-refractivity contribution in [3.63, 3.8) is 0 Å². The zero-order valence-corrected chi connectivity index (χ0v) is 12.9. The number of benzene rings is 1. The summed E-state index contributed by atoms with van der Waals surface area (Å²) in [6, 6.07) is 8.02. The van der Waals surface area contributed by atoms with E-state index in [1.807, 2.05) is 0 Å². The van der Waals surface area contributed by atoms with E-state index >= 15 is 0 Å². The molecule has 0 heterocycles. The van der Waals surface area contributed by atoms with E-state index in [-0.39, 0.29) is 0 Å². The van der Waals surface area contributed by atoms with E-state index < -0.39 is 0 Å². The first-order chi connectivity index (χ1) is 9.13. The van der Waals surface area contributed by atoms with Gasteiger partial charge >= 0.3 is 0 Å². The smallest absolute Gasteiger partial charge is 0.0329 e. The lowest BCUT2D eigenvalue weighted by Crippen LogP contribution is -2.40. The molecule has 0 saturated heterocycles.